The number of aryl methyl sites for hydroxylation is 1. The van der Waals surface area contributed by atoms with Crippen molar-refractivity contribution in [1.29, 1.82) is 0 Å². The standard InChI is InChI=1S/C18H21FN4O2S/c1-10-8-22(9-11(2)25-10)15(13-4-6-14(19)7-5-13)16-17(24)23-18(26-16)20-12(3)21-23/h4-7,10-11,15,24H,8-9H2,1-3H3/t10-,11-,15-/m0/s1. The van der Waals surface area contributed by atoms with Crippen LogP contribution in [0.2, 0.25) is 0 Å². The van der Waals surface area contributed by atoms with Crippen molar-refractivity contribution < 1.29 is 14.2 Å². The first-order valence-corrected chi connectivity index (χ1v) is 9.44. The quantitative estimate of drug-likeness (QED) is 0.761. The molecule has 1 aromatic carbocycles. The van der Waals surface area contributed by atoms with Crippen LogP contribution < -0.4 is 0 Å². The van der Waals surface area contributed by atoms with Gasteiger partial charge in [0.25, 0.3) is 0 Å². The second kappa shape index (κ2) is 6.61. The smallest absolute Gasteiger partial charge is 0.230 e. The molecule has 0 aliphatic carbocycles. The lowest BCUT2D eigenvalue weighted by atomic mass is 10.0. The maximum absolute atomic E-state index is 13.5. The number of nitrogens with zero attached hydrogens (tertiary/aromatic N) is 4. The fraction of sp³-hybridized carbons (Fsp3) is 0.444. The number of halogens is 1. The molecule has 3 atom stereocenters. The monoisotopic (exact) mass is 376 g/mol. The van der Waals surface area contributed by atoms with Crippen LogP contribution in [0.3, 0.4) is 0 Å². The van der Waals surface area contributed by atoms with Crippen molar-refractivity contribution in [3.63, 3.8) is 0 Å². The van der Waals surface area contributed by atoms with Crippen LogP contribution >= 0.6 is 11.3 Å². The van der Waals surface area contributed by atoms with E-state index in [1.165, 1.54) is 28.0 Å². The summed E-state index contributed by atoms with van der Waals surface area (Å²) in [4.78, 5) is 8.04. The number of fused-ring (bicyclic) bond motifs is 1. The van der Waals surface area contributed by atoms with Gasteiger partial charge in [-0.05, 0) is 38.5 Å². The van der Waals surface area contributed by atoms with E-state index in [0.29, 0.717) is 10.8 Å². The van der Waals surface area contributed by atoms with E-state index in [9.17, 15) is 9.50 Å². The van der Waals surface area contributed by atoms with Crippen molar-refractivity contribution in [2.75, 3.05) is 13.1 Å². The molecule has 26 heavy (non-hydrogen) atoms. The van der Waals surface area contributed by atoms with Gasteiger partial charge in [0.05, 0.1) is 23.1 Å². The normalized spacial score (nSPS) is 22.8. The van der Waals surface area contributed by atoms with Crippen LogP contribution in [0.4, 0.5) is 4.39 Å². The zero-order valence-electron chi connectivity index (χ0n) is 14.9. The predicted molar refractivity (Wildman–Crippen MR) is 97.1 cm³/mol. The lowest BCUT2D eigenvalue weighted by Crippen LogP contribution is -2.47. The Morgan fingerprint density at radius 2 is 1.88 bits per heavy atom. The van der Waals surface area contributed by atoms with Gasteiger partial charge in [0, 0.05) is 13.1 Å². The minimum atomic E-state index is -0.279. The van der Waals surface area contributed by atoms with Crippen molar-refractivity contribution in [2.45, 2.75) is 39.0 Å². The first kappa shape index (κ1) is 17.4. The second-order valence-electron chi connectivity index (χ2n) is 6.81. The molecule has 3 aromatic rings. The van der Waals surface area contributed by atoms with E-state index >= 15 is 0 Å². The molecule has 0 radical (unpaired) electrons. The summed E-state index contributed by atoms with van der Waals surface area (Å²) in [5.74, 6) is 0.426. The molecule has 0 bridgehead atoms. The molecule has 1 fully saturated rings. The van der Waals surface area contributed by atoms with Crippen LogP contribution in [0.15, 0.2) is 24.3 Å². The lowest BCUT2D eigenvalue weighted by molar-refractivity contribution is -0.0764. The van der Waals surface area contributed by atoms with E-state index in [0.717, 1.165) is 23.5 Å². The Labute approximate surface area is 154 Å². The minimum absolute atomic E-state index is 0.0771. The number of benzene rings is 1. The predicted octanol–water partition coefficient (Wildman–Crippen LogP) is 3.14. The number of ether oxygens (including phenoxy) is 1. The molecule has 0 amide bonds. The van der Waals surface area contributed by atoms with Gasteiger partial charge in [-0.3, -0.25) is 4.90 Å². The molecule has 0 unspecified atom stereocenters. The summed E-state index contributed by atoms with van der Waals surface area (Å²) in [6, 6.07) is 6.23. The summed E-state index contributed by atoms with van der Waals surface area (Å²) in [5.41, 5.74) is 0.921. The van der Waals surface area contributed by atoms with Crippen molar-refractivity contribution in [3.8, 4) is 5.88 Å². The van der Waals surface area contributed by atoms with Crippen LogP contribution in [0.1, 0.15) is 36.2 Å². The van der Waals surface area contributed by atoms with E-state index in [1.54, 1.807) is 19.1 Å². The summed E-state index contributed by atoms with van der Waals surface area (Å²) in [6.45, 7) is 7.31. The third-order valence-electron chi connectivity index (χ3n) is 4.55. The number of rotatable bonds is 3. The summed E-state index contributed by atoms with van der Waals surface area (Å²) in [7, 11) is 0. The van der Waals surface area contributed by atoms with Gasteiger partial charge in [-0.2, -0.15) is 4.52 Å². The molecule has 1 saturated heterocycles. The van der Waals surface area contributed by atoms with Crippen molar-refractivity contribution in [3.05, 3.63) is 46.3 Å². The Hall–Kier alpha value is -2.03. The molecule has 0 spiro atoms. The van der Waals surface area contributed by atoms with Crippen LogP contribution in [0, 0.1) is 12.7 Å². The molecule has 2 aromatic heterocycles. The molecule has 4 rings (SSSR count). The third-order valence-corrected chi connectivity index (χ3v) is 5.63. The van der Waals surface area contributed by atoms with Crippen LogP contribution in [-0.4, -0.2) is 49.9 Å². The highest BCUT2D eigenvalue weighted by molar-refractivity contribution is 7.17. The van der Waals surface area contributed by atoms with Gasteiger partial charge in [0.15, 0.2) is 0 Å². The van der Waals surface area contributed by atoms with E-state index in [1.807, 2.05) is 13.8 Å². The van der Waals surface area contributed by atoms with Gasteiger partial charge in [-0.1, -0.05) is 23.5 Å². The minimum Gasteiger partial charge on any atom is -0.492 e. The lowest BCUT2D eigenvalue weighted by Gasteiger charge is -2.40. The molecule has 1 aliphatic rings. The van der Waals surface area contributed by atoms with Gasteiger partial charge in [0.2, 0.25) is 10.8 Å². The number of thiazole rings is 1. The summed E-state index contributed by atoms with van der Waals surface area (Å²) < 4.78 is 20.8. The van der Waals surface area contributed by atoms with Gasteiger partial charge in [-0.15, -0.1) is 5.10 Å². The van der Waals surface area contributed by atoms with Gasteiger partial charge in [-0.25, -0.2) is 9.37 Å². The van der Waals surface area contributed by atoms with E-state index in [2.05, 4.69) is 15.0 Å². The van der Waals surface area contributed by atoms with Crippen molar-refractivity contribution in [1.82, 2.24) is 19.5 Å². The maximum atomic E-state index is 13.5. The number of aromatic hydroxyl groups is 1. The van der Waals surface area contributed by atoms with Gasteiger partial charge in [0.1, 0.15) is 11.6 Å². The maximum Gasteiger partial charge on any atom is 0.230 e. The topological polar surface area (TPSA) is 62.9 Å². The highest BCUT2D eigenvalue weighted by Gasteiger charge is 2.34. The molecule has 3 heterocycles. The molecular formula is C18H21FN4O2S. The molecule has 1 aliphatic heterocycles. The Bertz CT molecular complexity index is 913. The Kier molecular flexibility index (Phi) is 4.42. The van der Waals surface area contributed by atoms with E-state index in [4.69, 9.17) is 4.74 Å². The van der Waals surface area contributed by atoms with Gasteiger partial charge >= 0.3 is 0 Å². The second-order valence-corrected chi connectivity index (χ2v) is 7.82. The average Bonchev–Trinajstić information content (AvgIpc) is 3.07. The van der Waals surface area contributed by atoms with Gasteiger partial charge < -0.3 is 9.84 Å². The Morgan fingerprint density at radius 1 is 1.23 bits per heavy atom. The Balaban J connectivity index is 1.82. The highest BCUT2D eigenvalue weighted by atomic mass is 32.1. The van der Waals surface area contributed by atoms with Crippen LogP contribution in [0.25, 0.3) is 4.96 Å². The zero-order valence-corrected chi connectivity index (χ0v) is 15.7. The Morgan fingerprint density at radius 3 is 2.50 bits per heavy atom. The fourth-order valence-corrected chi connectivity index (χ4v) is 4.79. The first-order valence-electron chi connectivity index (χ1n) is 8.62. The van der Waals surface area contributed by atoms with Crippen LogP contribution in [-0.2, 0) is 4.74 Å². The molecule has 8 heteroatoms. The first-order chi connectivity index (χ1) is 12.4. The van der Waals surface area contributed by atoms with E-state index < -0.39 is 0 Å². The van der Waals surface area contributed by atoms with Crippen molar-refractivity contribution >= 4 is 16.3 Å². The summed E-state index contributed by atoms with van der Waals surface area (Å²) in [6.07, 6.45) is 0.154. The third kappa shape index (κ3) is 3.08. The molecular weight excluding hydrogens is 355 g/mol. The van der Waals surface area contributed by atoms with Crippen LogP contribution in [0.5, 0.6) is 5.88 Å². The average molecular weight is 376 g/mol. The molecule has 6 nitrogen and oxygen atoms in total. The molecule has 1 N–H and O–H groups in total. The number of morpholine rings is 1. The fourth-order valence-electron chi connectivity index (χ4n) is 3.63. The highest BCUT2D eigenvalue weighted by Crippen LogP contribution is 2.40. The summed E-state index contributed by atoms with van der Waals surface area (Å²) >= 11 is 1.41. The zero-order chi connectivity index (χ0) is 18.4. The SMILES string of the molecule is Cc1nc2sc([C@H](c3ccc(F)cc3)N3C[C@H](C)O[C@@H](C)C3)c(O)n2n1. The largest absolute Gasteiger partial charge is 0.492 e. The molecule has 0 saturated carbocycles. The number of hydrogen-bond acceptors (Lipinski definition) is 6. The number of aromatic nitrogens is 3. The summed E-state index contributed by atoms with van der Waals surface area (Å²) in [5, 5.41) is 15.1. The van der Waals surface area contributed by atoms with E-state index in [-0.39, 0.29) is 29.9 Å². The number of hydrogen-bond donors (Lipinski definition) is 1. The molecule has 138 valence electrons. The van der Waals surface area contributed by atoms with Crippen molar-refractivity contribution in [2.24, 2.45) is 0 Å².